The summed E-state index contributed by atoms with van der Waals surface area (Å²) in [6.07, 6.45) is -3.33. The maximum Gasteiger partial charge on any atom is 0.271 e. The second kappa shape index (κ2) is 12.2. The molecule has 0 aliphatic heterocycles. The van der Waals surface area contributed by atoms with Crippen molar-refractivity contribution in [1.82, 2.24) is 15.6 Å². The number of nitriles is 1. The molecule has 0 unspecified atom stereocenters. The zero-order valence-corrected chi connectivity index (χ0v) is 21.1. The van der Waals surface area contributed by atoms with Crippen LogP contribution >= 0.6 is 11.3 Å². The smallest absolute Gasteiger partial charge is 0.271 e. The summed E-state index contributed by atoms with van der Waals surface area (Å²) < 4.78 is 51.8. The number of nitrogens with zero attached hydrogens (tertiary/aromatic N) is 3. The number of hydrogen-bond acceptors (Lipinski definition) is 9. The van der Waals surface area contributed by atoms with Crippen molar-refractivity contribution in [3.05, 3.63) is 46.5 Å². The fraction of sp³-hybridized carbons (Fsp3) is 0.429. The van der Waals surface area contributed by atoms with E-state index in [0.29, 0.717) is 6.07 Å². The van der Waals surface area contributed by atoms with E-state index in [-0.39, 0.29) is 29.2 Å². The molecule has 196 valence electrons. The van der Waals surface area contributed by atoms with Gasteiger partial charge < -0.3 is 20.8 Å². The largest absolute Gasteiger partial charge is 0.388 e. The number of halogens is 2. The third kappa shape index (κ3) is 7.92. The molecule has 4 atom stereocenters. The van der Waals surface area contributed by atoms with Gasteiger partial charge in [-0.15, -0.1) is 11.3 Å². The van der Waals surface area contributed by atoms with Crippen molar-refractivity contribution in [3.63, 3.8) is 0 Å². The highest BCUT2D eigenvalue weighted by Crippen LogP contribution is 2.22. The first-order valence-electron chi connectivity index (χ1n) is 10.4. The highest BCUT2D eigenvalue weighted by Gasteiger charge is 2.34. The predicted octanol–water partition coefficient (Wildman–Crippen LogP) is 0.298. The molecule has 2 aromatic rings. The van der Waals surface area contributed by atoms with Crippen LogP contribution in [0.5, 0.6) is 0 Å². The third-order valence-corrected chi connectivity index (χ3v) is 7.26. The Bertz CT molecular complexity index is 1230. The second-order valence-corrected chi connectivity index (χ2v) is 10.8. The summed E-state index contributed by atoms with van der Waals surface area (Å²) in [5, 5.41) is 36.6. The Morgan fingerprint density at radius 2 is 1.75 bits per heavy atom. The van der Waals surface area contributed by atoms with Crippen LogP contribution < -0.4 is 14.9 Å². The van der Waals surface area contributed by atoms with Gasteiger partial charge in [0.1, 0.15) is 29.5 Å². The van der Waals surface area contributed by atoms with Crippen LogP contribution in [0.15, 0.2) is 23.6 Å². The molecule has 36 heavy (non-hydrogen) atoms. The molecule has 0 saturated carbocycles. The quantitative estimate of drug-likeness (QED) is 0.312. The van der Waals surface area contributed by atoms with Gasteiger partial charge in [-0.3, -0.25) is 9.59 Å². The van der Waals surface area contributed by atoms with Crippen molar-refractivity contribution >= 4 is 38.3 Å². The number of rotatable bonds is 11. The molecular formula is C21H25F2N5O6S2. The van der Waals surface area contributed by atoms with Crippen LogP contribution in [0.3, 0.4) is 0 Å². The molecule has 0 aliphatic carbocycles. The molecule has 1 heterocycles. The Balaban J connectivity index is 2.36. The van der Waals surface area contributed by atoms with Crippen molar-refractivity contribution < 1.29 is 37.0 Å². The molecule has 0 fully saturated rings. The number of carbonyl (C=O) groups is 2. The summed E-state index contributed by atoms with van der Waals surface area (Å²) in [5.74, 6) is -3.26. The van der Waals surface area contributed by atoms with Crippen LogP contribution in [0.25, 0.3) is 0 Å². The van der Waals surface area contributed by atoms with Crippen molar-refractivity contribution in [2.75, 3.05) is 17.6 Å². The van der Waals surface area contributed by atoms with Gasteiger partial charge in [0.25, 0.3) is 5.91 Å². The molecule has 0 radical (unpaired) electrons. The van der Waals surface area contributed by atoms with Gasteiger partial charge in [0.05, 0.1) is 30.8 Å². The lowest BCUT2D eigenvalue weighted by atomic mass is 9.92. The molecule has 0 saturated heterocycles. The van der Waals surface area contributed by atoms with Gasteiger partial charge in [-0.05, 0) is 24.1 Å². The van der Waals surface area contributed by atoms with Gasteiger partial charge in [0.15, 0.2) is 5.13 Å². The van der Waals surface area contributed by atoms with Crippen LogP contribution in [0.2, 0.25) is 0 Å². The van der Waals surface area contributed by atoms with E-state index in [1.165, 1.54) is 12.4 Å². The number of aliphatic hydroxyl groups is 2. The summed E-state index contributed by atoms with van der Waals surface area (Å²) in [4.78, 5) is 28.3. The fourth-order valence-corrected chi connectivity index (χ4v) is 4.77. The Morgan fingerprint density at radius 1 is 1.17 bits per heavy atom. The number of aromatic nitrogens is 1. The Morgan fingerprint density at radius 3 is 2.28 bits per heavy atom. The fourth-order valence-electron chi connectivity index (χ4n) is 3.23. The number of amides is 2. The molecule has 0 bridgehead atoms. The van der Waals surface area contributed by atoms with Crippen LogP contribution in [0.1, 0.15) is 29.4 Å². The lowest BCUT2D eigenvalue weighted by Gasteiger charge is -2.31. The van der Waals surface area contributed by atoms with E-state index in [1.807, 2.05) is 0 Å². The van der Waals surface area contributed by atoms with Crippen LogP contribution in [-0.4, -0.2) is 73.0 Å². The molecule has 15 heteroatoms. The van der Waals surface area contributed by atoms with Gasteiger partial charge in [0, 0.05) is 25.4 Å². The molecule has 4 N–H and O–H groups in total. The molecular weight excluding hydrogens is 520 g/mol. The van der Waals surface area contributed by atoms with Crippen LogP contribution in [0.4, 0.5) is 13.9 Å². The van der Waals surface area contributed by atoms with E-state index < -0.39 is 57.8 Å². The van der Waals surface area contributed by atoms with Crippen molar-refractivity contribution in [2.45, 2.75) is 44.1 Å². The van der Waals surface area contributed by atoms with Gasteiger partial charge in [-0.1, -0.05) is 0 Å². The van der Waals surface area contributed by atoms with Crippen LogP contribution in [0, 0.1) is 23.0 Å². The maximum atomic E-state index is 13.7. The van der Waals surface area contributed by atoms with Gasteiger partial charge in [-0.25, -0.2) is 26.5 Å². The van der Waals surface area contributed by atoms with Gasteiger partial charge in [-0.2, -0.15) is 5.26 Å². The summed E-state index contributed by atoms with van der Waals surface area (Å²) >= 11 is 0.861. The van der Waals surface area contributed by atoms with E-state index >= 15 is 0 Å². The number of benzene rings is 1. The molecule has 1 aromatic carbocycles. The average molecular weight is 546 g/mol. The Labute approximate surface area is 210 Å². The maximum absolute atomic E-state index is 13.7. The number of nitrogens with one attached hydrogen (secondary N) is 2. The average Bonchev–Trinajstić information content (AvgIpc) is 3.25. The summed E-state index contributed by atoms with van der Waals surface area (Å²) in [5.41, 5.74) is -0.172. The third-order valence-electron chi connectivity index (χ3n) is 5.06. The number of thiazole rings is 1. The lowest BCUT2D eigenvalue weighted by molar-refractivity contribution is -0.121. The van der Waals surface area contributed by atoms with Gasteiger partial charge >= 0.3 is 0 Å². The number of hydrogen-bond donors (Lipinski definition) is 4. The molecule has 0 aliphatic rings. The molecule has 11 nitrogen and oxygen atoms in total. The second-order valence-electron chi connectivity index (χ2n) is 7.96. The minimum absolute atomic E-state index is 0.00766. The van der Waals surface area contributed by atoms with E-state index in [4.69, 9.17) is 5.26 Å². The molecule has 2 amide bonds. The van der Waals surface area contributed by atoms with E-state index in [2.05, 4.69) is 15.6 Å². The number of aliphatic hydroxyl groups excluding tert-OH is 2. The number of carbonyl (C=O) groups excluding carboxylic acids is 2. The Hall–Kier alpha value is -3.19. The molecule has 0 spiro atoms. The SMILES string of the molecule is CC(=O)N[C@@H](CC#N)[C@@H](O)[C@H](O)[C@@H](Cc1cc(F)cc(F)c1)NC(=O)c1csc(N(C)S(C)(=O)=O)n1. The summed E-state index contributed by atoms with van der Waals surface area (Å²) in [6, 6.07) is 1.79. The predicted molar refractivity (Wildman–Crippen MR) is 127 cm³/mol. The number of sulfonamides is 1. The molecule has 1 aromatic heterocycles. The lowest BCUT2D eigenvalue weighted by Crippen LogP contribution is -2.56. The zero-order valence-electron chi connectivity index (χ0n) is 19.5. The standard InChI is InChI=1S/C21H25F2N5O6S2/c1-11(29)25-15(4-5-24)18(30)19(31)16(8-12-6-13(22)9-14(23)7-12)26-20(32)17-10-35-21(27-17)28(2)36(3,33)34/h6-7,9-10,15-16,18-19,30-31H,4,8H2,1-3H3,(H,25,29)(H,26,32)/t15-,16+,18+,19+/m0/s1. The minimum Gasteiger partial charge on any atom is -0.388 e. The van der Waals surface area contributed by atoms with Crippen molar-refractivity contribution in [3.8, 4) is 6.07 Å². The highest BCUT2D eigenvalue weighted by atomic mass is 32.2. The first kappa shape index (κ1) is 29.0. The number of anilines is 1. The highest BCUT2D eigenvalue weighted by molar-refractivity contribution is 7.92. The Kier molecular flexibility index (Phi) is 9.82. The van der Waals surface area contributed by atoms with E-state index in [9.17, 15) is 37.0 Å². The summed E-state index contributed by atoms with van der Waals surface area (Å²) in [7, 11) is -2.40. The normalized spacial score (nSPS) is 14.7. The monoisotopic (exact) mass is 545 g/mol. The van der Waals surface area contributed by atoms with Crippen molar-refractivity contribution in [2.24, 2.45) is 0 Å². The first-order valence-corrected chi connectivity index (χ1v) is 13.1. The molecule has 2 rings (SSSR count). The summed E-state index contributed by atoms with van der Waals surface area (Å²) in [6.45, 7) is 1.14. The van der Waals surface area contributed by atoms with Crippen molar-refractivity contribution in [1.29, 1.82) is 5.26 Å². The topological polar surface area (TPSA) is 173 Å². The first-order chi connectivity index (χ1) is 16.7. The van der Waals surface area contributed by atoms with Crippen LogP contribution in [-0.2, 0) is 21.2 Å². The van der Waals surface area contributed by atoms with Gasteiger partial charge in [0.2, 0.25) is 15.9 Å². The minimum atomic E-state index is -3.65. The van der Waals surface area contributed by atoms with E-state index in [0.717, 1.165) is 41.0 Å². The zero-order chi connectivity index (χ0) is 27.2. The van der Waals surface area contributed by atoms with E-state index in [1.54, 1.807) is 6.07 Å².